The molecule has 1 aromatic carbocycles. The average molecular weight is 365 g/mol. The van der Waals surface area contributed by atoms with E-state index in [4.69, 9.17) is 0 Å². The molecule has 0 aliphatic heterocycles. The second kappa shape index (κ2) is 8.49. The molecular formula is C20H19N3O2S. The molecule has 5 nitrogen and oxygen atoms in total. The molecule has 0 atom stereocenters. The SMILES string of the molecule is CC(=O)c1cccc(NC(=O)Cc2csc(CCc3ccncc3)n2)c1. The Labute approximate surface area is 156 Å². The van der Waals surface area contributed by atoms with E-state index in [9.17, 15) is 9.59 Å². The van der Waals surface area contributed by atoms with Crippen LogP contribution >= 0.6 is 11.3 Å². The lowest BCUT2D eigenvalue weighted by Crippen LogP contribution is -2.15. The summed E-state index contributed by atoms with van der Waals surface area (Å²) in [7, 11) is 0. The van der Waals surface area contributed by atoms with Crippen molar-refractivity contribution in [3.8, 4) is 0 Å². The normalized spacial score (nSPS) is 10.5. The number of pyridine rings is 1. The maximum atomic E-state index is 12.2. The molecule has 0 aliphatic rings. The number of aryl methyl sites for hydroxylation is 2. The first-order valence-electron chi connectivity index (χ1n) is 8.33. The average Bonchev–Trinajstić information content (AvgIpc) is 3.08. The zero-order valence-corrected chi connectivity index (χ0v) is 15.3. The lowest BCUT2D eigenvalue weighted by atomic mass is 10.1. The Hall–Kier alpha value is -2.86. The van der Waals surface area contributed by atoms with E-state index in [1.165, 1.54) is 12.5 Å². The molecule has 0 saturated carbocycles. The lowest BCUT2D eigenvalue weighted by molar-refractivity contribution is -0.115. The third-order valence-electron chi connectivity index (χ3n) is 3.87. The van der Waals surface area contributed by atoms with Gasteiger partial charge in [-0.3, -0.25) is 14.6 Å². The Kier molecular flexibility index (Phi) is 5.86. The molecule has 26 heavy (non-hydrogen) atoms. The zero-order valence-electron chi connectivity index (χ0n) is 14.4. The summed E-state index contributed by atoms with van der Waals surface area (Å²) < 4.78 is 0. The molecule has 132 valence electrons. The highest BCUT2D eigenvalue weighted by molar-refractivity contribution is 7.09. The van der Waals surface area contributed by atoms with Crippen molar-refractivity contribution in [3.63, 3.8) is 0 Å². The summed E-state index contributed by atoms with van der Waals surface area (Å²) in [6.45, 7) is 1.50. The predicted octanol–water partition coefficient (Wildman–Crippen LogP) is 3.71. The second-order valence-electron chi connectivity index (χ2n) is 5.95. The number of carbonyl (C=O) groups is 2. The number of nitrogens with one attached hydrogen (secondary N) is 1. The van der Waals surface area contributed by atoms with Crippen molar-refractivity contribution in [3.05, 3.63) is 76.0 Å². The van der Waals surface area contributed by atoms with E-state index in [1.54, 1.807) is 48.0 Å². The quantitative estimate of drug-likeness (QED) is 0.648. The molecule has 2 aromatic heterocycles. The summed E-state index contributed by atoms with van der Waals surface area (Å²) in [6.07, 6.45) is 5.54. The first kappa shape index (κ1) is 17.9. The van der Waals surface area contributed by atoms with Crippen molar-refractivity contribution in [2.45, 2.75) is 26.2 Å². The van der Waals surface area contributed by atoms with Gasteiger partial charge in [0.15, 0.2) is 5.78 Å². The summed E-state index contributed by atoms with van der Waals surface area (Å²) in [5.41, 5.74) is 3.19. The molecular weight excluding hydrogens is 346 g/mol. The van der Waals surface area contributed by atoms with E-state index in [0.717, 1.165) is 23.5 Å². The first-order chi connectivity index (χ1) is 12.6. The van der Waals surface area contributed by atoms with E-state index in [2.05, 4.69) is 15.3 Å². The van der Waals surface area contributed by atoms with E-state index in [1.807, 2.05) is 17.5 Å². The van der Waals surface area contributed by atoms with Crippen molar-refractivity contribution >= 4 is 28.7 Å². The minimum absolute atomic E-state index is 0.0283. The number of rotatable bonds is 7. The number of benzene rings is 1. The number of nitrogens with zero attached hydrogens (tertiary/aromatic N) is 2. The Morgan fingerprint density at radius 1 is 1.12 bits per heavy atom. The molecule has 2 heterocycles. The maximum Gasteiger partial charge on any atom is 0.230 e. The molecule has 0 unspecified atom stereocenters. The maximum absolute atomic E-state index is 12.2. The molecule has 0 fully saturated rings. The number of thiazole rings is 1. The predicted molar refractivity (Wildman–Crippen MR) is 103 cm³/mol. The van der Waals surface area contributed by atoms with Crippen LogP contribution in [0.3, 0.4) is 0 Å². The van der Waals surface area contributed by atoms with Crippen LogP contribution in [0.4, 0.5) is 5.69 Å². The van der Waals surface area contributed by atoms with Crippen LogP contribution in [-0.2, 0) is 24.1 Å². The van der Waals surface area contributed by atoms with Crippen molar-refractivity contribution in [1.29, 1.82) is 0 Å². The first-order valence-corrected chi connectivity index (χ1v) is 9.21. The molecule has 6 heteroatoms. The van der Waals surface area contributed by atoms with Crippen molar-refractivity contribution in [1.82, 2.24) is 9.97 Å². The number of ketones is 1. The van der Waals surface area contributed by atoms with Gasteiger partial charge in [0.05, 0.1) is 17.1 Å². The van der Waals surface area contributed by atoms with Crippen LogP contribution in [0.5, 0.6) is 0 Å². The summed E-state index contributed by atoms with van der Waals surface area (Å²) >= 11 is 1.57. The largest absolute Gasteiger partial charge is 0.326 e. The third kappa shape index (κ3) is 5.07. The van der Waals surface area contributed by atoms with Crippen LogP contribution in [0.1, 0.15) is 33.5 Å². The number of hydrogen-bond acceptors (Lipinski definition) is 5. The van der Waals surface area contributed by atoms with Crippen molar-refractivity contribution in [2.75, 3.05) is 5.32 Å². The van der Waals surface area contributed by atoms with Gasteiger partial charge in [0.1, 0.15) is 0 Å². The van der Waals surface area contributed by atoms with Gasteiger partial charge in [0.2, 0.25) is 5.91 Å². The molecule has 1 amide bonds. The van der Waals surface area contributed by atoms with Crippen LogP contribution in [-0.4, -0.2) is 21.7 Å². The Morgan fingerprint density at radius 2 is 1.92 bits per heavy atom. The minimum atomic E-state index is -0.142. The number of carbonyl (C=O) groups excluding carboxylic acids is 2. The molecule has 3 aromatic rings. The highest BCUT2D eigenvalue weighted by atomic mass is 32.1. The Balaban J connectivity index is 1.54. The van der Waals surface area contributed by atoms with Crippen molar-refractivity contribution < 1.29 is 9.59 Å². The summed E-state index contributed by atoms with van der Waals surface area (Å²) in [6, 6.07) is 10.9. The minimum Gasteiger partial charge on any atom is -0.326 e. The third-order valence-corrected chi connectivity index (χ3v) is 4.83. The number of amides is 1. The van der Waals surface area contributed by atoms with Gasteiger partial charge in [-0.15, -0.1) is 11.3 Å². The topological polar surface area (TPSA) is 72.0 Å². The second-order valence-corrected chi connectivity index (χ2v) is 6.89. The smallest absolute Gasteiger partial charge is 0.230 e. The molecule has 1 N–H and O–H groups in total. The van der Waals surface area contributed by atoms with Gasteiger partial charge in [0.25, 0.3) is 0 Å². The highest BCUT2D eigenvalue weighted by Gasteiger charge is 2.09. The summed E-state index contributed by atoms with van der Waals surface area (Å²) in [4.78, 5) is 32.2. The van der Waals surface area contributed by atoms with E-state index >= 15 is 0 Å². The number of aromatic nitrogens is 2. The molecule has 3 rings (SSSR count). The van der Waals surface area contributed by atoms with E-state index in [0.29, 0.717) is 11.3 Å². The van der Waals surface area contributed by atoms with Gasteiger partial charge >= 0.3 is 0 Å². The molecule has 0 bridgehead atoms. The highest BCUT2D eigenvalue weighted by Crippen LogP contribution is 2.15. The number of anilines is 1. The van der Waals surface area contributed by atoms with Crippen molar-refractivity contribution in [2.24, 2.45) is 0 Å². The number of Topliss-reactive ketones (excluding diaryl/α,β-unsaturated/α-hetero) is 1. The van der Waals surface area contributed by atoms with Gasteiger partial charge in [-0.05, 0) is 43.2 Å². The van der Waals surface area contributed by atoms with E-state index < -0.39 is 0 Å². The van der Waals surface area contributed by atoms with Gasteiger partial charge in [-0.2, -0.15) is 0 Å². The zero-order chi connectivity index (χ0) is 18.4. The summed E-state index contributed by atoms with van der Waals surface area (Å²) in [5, 5.41) is 5.76. The van der Waals surface area contributed by atoms with Gasteiger partial charge in [-0.1, -0.05) is 12.1 Å². The van der Waals surface area contributed by atoms with E-state index in [-0.39, 0.29) is 18.1 Å². The molecule has 0 saturated heterocycles. The van der Waals surface area contributed by atoms with Crippen LogP contribution in [0, 0.1) is 0 Å². The lowest BCUT2D eigenvalue weighted by Gasteiger charge is -2.05. The fraction of sp³-hybridized carbons (Fsp3) is 0.200. The van der Waals surface area contributed by atoms with Crippen LogP contribution in [0.15, 0.2) is 54.2 Å². The number of hydrogen-bond donors (Lipinski definition) is 1. The van der Waals surface area contributed by atoms with Crippen LogP contribution in [0.25, 0.3) is 0 Å². The molecule has 0 aliphatic carbocycles. The fourth-order valence-electron chi connectivity index (χ4n) is 2.53. The summed E-state index contributed by atoms with van der Waals surface area (Å²) in [5.74, 6) is -0.170. The Morgan fingerprint density at radius 3 is 2.69 bits per heavy atom. The standard InChI is InChI=1S/C20H19N3O2S/c1-14(24)16-3-2-4-17(11-16)22-19(25)12-18-13-26-20(23-18)6-5-15-7-9-21-10-8-15/h2-4,7-11,13H,5-6,12H2,1H3,(H,22,25). The Bertz CT molecular complexity index is 906. The van der Waals surface area contributed by atoms with Gasteiger partial charge in [0, 0.05) is 35.4 Å². The molecule has 0 radical (unpaired) electrons. The van der Waals surface area contributed by atoms with Crippen LogP contribution in [0.2, 0.25) is 0 Å². The van der Waals surface area contributed by atoms with Crippen LogP contribution < -0.4 is 5.32 Å². The van der Waals surface area contributed by atoms with Gasteiger partial charge in [-0.25, -0.2) is 4.98 Å². The fourth-order valence-corrected chi connectivity index (χ4v) is 3.33. The van der Waals surface area contributed by atoms with Gasteiger partial charge < -0.3 is 5.32 Å². The monoisotopic (exact) mass is 365 g/mol. The molecule has 0 spiro atoms.